The lowest BCUT2D eigenvalue weighted by Gasteiger charge is -2.43. The molecule has 0 aliphatic heterocycles. The second-order valence-corrected chi connectivity index (χ2v) is 20.2. The molecule has 0 saturated heterocycles. The van der Waals surface area contributed by atoms with Crippen molar-refractivity contribution in [2.75, 3.05) is 18.0 Å². The minimum absolute atomic E-state index is 0.0538. The first-order valence-corrected chi connectivity index (χ1v) is 20.7. The summed E-state index contributed by atoms with van der Waals surface area (Å²) in [7, 11) is 0. The summed E-state index contributed by atoms with van der Waals surface area (Å²) >= 11 is 36.3. The lowest BCUT2D eigenvalue weighted by Crippen LogP contribution is -2.74. The Bertz CT molecular complexity index is 2280. The molecule has 0 saturated carbocycles. The summed E-state index contributed by atoms with van der Waals surface area (Å²) in [6.45, 7) is -5.82. The molecule has 2 rings (SSSR count). The Morgan fingerprint density at radius 1 is 0.355 bits per heavy atom. The topological polar surface area (TPSA) is 41.9 Å². The van der Waals surface area contributed by atoms with E-state index in [-0.39, 0.29) is 6.07 Å². The van der Waals surface area contributed by atoms with Crippen molar-refractivity contribution >= 4 is 91.2 Å². The predicted molar refractivity (Wildman–Crippen MR) is 194 cm³/mol. The Morgan fingerprint density at radius 3 is 0.842 bits per heavy atom. The van der Waals surface area contributed by atoms with E-state index in [2.05, 4.69) is 30.9 Å². The van der Waals surface area contributed by atoms with Crippen LogP contribution >= 0.6 is 85.5 Å². The maximum atomic E-state index is 15.0. The van der Waals surface area contributed by atoms with Crippen molar-refractivity contribution in [1.82, 2.24) is 15.0 Å². The van der Waals surface area contributed by atoms with E-state index in [0.717, 1.165) is 0 Å². The molecule has 0 N–H and O–H groups in total. The molecule has 0 atom stereocenters. The lowest BCUT2D eigenvalue weighted by molar-refractivity contribution is -0.461. The number of anilines is 1. The van der Waals surface area contributed by atoms with Gasteiger partial charge in [0.2, 0.25) is 7.59 Å². The van der Waals surface area contributed by atoms with Crippen LogP contribution in [0.3, 0.4) is 0 Å². The van der Waals surface area contributed by atoms with E-state index in [9.17, 15) is 132 Å². The molecule has 0 fully saturated rings. The molecule has 2 aromatic rings. The molecule has 45 heteroatoms. The predicted octanol–water partition coefficient (Wildman–Crippen LogP) is 17.6. The number of hydrogen-bond donors (Lipinski definition) is 0. The van der Waals surface area contributed by atoms with E-state index in [1.165, 1.54) is 0 Å². The third-order valence-corrected chi connectivity index (χ3v) is 11.3. The molecule has 76 heavy (non-hydrogen) atoms. The van der Waals surface area contributed by atoms with E-state index in [1.807, 2.05) is 0 Å². The molecule has 4 nitrogen and oxygen atoms in total. The van der Waals surface area contributed by atoms with Gasteiger partial charge in [-0.25, -0.2) is 15.0 Å². The zero-order valence-electron chi connectivity index (χ0n) is 33.8. The van der Waals surface area contributed by atoms with Crippen LogP contribution in [0.2, 0.25) is 0 Å². The van der Waals surface area contributed by atoms with Gasteiger partial charge >= 0.3 is 95.3 Å². The van der Waals surface area contributed by atoms with Crippen LogP contribution in [0.15, 0.2) is 22.7 Å². The van der Waals surface area contributed by atoms with E-state index >= 15 is 17.6 Å². The highest BCUT2D eigenvalue weighted by atomic mass is 79.9. The van der Waals surface area contributed by atoms with Crippen molar-refractivity contribution in [2.45, 2.75) is 116 Å². The molecule has 0 bridgehead atoms. The molecular weight excluding hydrogens is 1370 g/mol. The van der Waals surface area contributed by atoms with Gasteiger partial charge in [-0.1, -0.05) is 69.6 Å². The van der Waals surface area contributed by atoms with Crippen LogP contribution in [-0.2, 0) is 7.59 Å². The van der Waals surface area contributed by atoms with Crippen LogP contribution in [0.4, 0.5) is 155 Å². The van der Waals surface area contributed by atoms with Crippen molar-refractivity contribution in [3.05, 3.63) is 34.3 Å². The zero-order chi connectivity index (χ0) is 61.1. The van der Waals surface area contributed by atoms with Gasteiger partial charge in [-0.05, 0) is 34.1 Å². The Morgan fingerprint density at radius 2 is 0.605 bits per heavy atom. The van der Waals surface area contributed by atoms with Crippen molar-refractivity contribution in [3.8, 4) is 11.4 Å². The van der Waals surface area contributed by atoms with Crippen LogP contribution in [0, 0.1) is 0 Å². The van der Waals surface area contributed by atoms with Crippen molar-refractivity contribution < 1.29 is 149 Å². The Kier molecular flexibility index (Phi) is 18.5. The summed E-state index contributed by atoms with van der Waals surface area (Å²) in [4.78, 5) is 9.66. The molecule has 0 radical (unpaired) electrons. The van der Waals surface area contributed by atoms with Gasteiger partial charge < -0.3 is 4.90 Å². The van der Waals surface area contributed by atoms with E-state index < -0.39 is 167 Å². The van der Waals surface area contributed by atoms with Gasteiger partial charge in [-0.3, -0.25) is 0 Å². The van der Waals surface area contributed by atoms with Gasteiger partial charge in [-0.2, -0.15) is 149 Å². The Balaban J connectivity index is 2.93. The summed E-state index contributed by atoms with van der Waals surface area (Å²) in [5, 5.41) is 0. The molecule has 0 spiro atoms. The monoisotopic (exact) mass is 1370 g/mol. The largest absolute Gasteiger partial charge is 0.460 e. The van der Waals surface area contributed by atoms with Gasteiger partial charge in [0.15, 0.2) is 17.5 Å². The van der Waals surface area contributed by atoms with Gasteiger partial charge in [0.1, 0.15) is 0 Å². The molecule has 0 aliphatic carbocycles. The van der Waals surface area contributed by atoms with Crippen molar-refractivity contribution in [1.29, 1.82) is 0 Å². The fourth-order valence-electron chi connectivity index (χ4n) is 5.27. The van der Waals surface area contributed by atoms with Gasteiger partial charge in [0.05, 0.1) is 5.69 Å². The molecule has 442 valence electrons. The van der Waals surface area contributed by atoms with Crippen LogP contribution < -0.4 is 4.90 Å². The number of hydrogen-bond acceptors (Lipinski definition) is 4. The summed E-state index contributed by atoms with van der Waals surface area (Å²) < 4.78 is 466. The summed E-state index contributed by atoms with van der Waals surface area (Å²) in [5.74, 6) is -125. The fraction of sp³-hybridized carbons (Fsp3) is 0.710. The highest BCUT2D eigenvalue weighted by Crippen LogP contribution is 2.66. The highest BCUT2D eigenvalue weighted by Gasteiger charge is 2.97. The average Bonchev–Trinajstić information content (AvgIpc) is 3.21. The number of halogens is 41. The minimum Gasteiger partial charge on any atom is -0.370 e. The number of aromatic nitrogens is 3. The summed E-state index contributed by atoms with van der Waals surface area (Å²) in [5.41, 5.74) is -2.33. The smallest absolute Gasteiger partial charge is 0.370 e. The summed E-state index contributed by atoms with van der Waals surface area (Å²) in [6, 6.07) is 0.661. The molecule has 0 amide bonds. The number of benzene rings is 1. The molecule has 0 aliphatic rings. The average molecular weight is 1380 g/mol. The second kappa shape index (κ2) is 20.1. The van der Waals surface area contributed by atoms with Crippen LogP contribution in [0.25, 0.3) is 11.4 Å². The second-order valence-electron chi connectivity index (χ2n) is 14.8. The first-order valence-electron chi connectivity index (χ1n) is 17.6. The minimum atomic E-state index is -9.23. The van der Waals surface area contributed by atoms with Crippen LogP contribution in [-0.4, -0.2) is 123 Å². The number of alkyl halides is 40. The zero-order valence-corrected chi connectivity index (χ0v) is 40.0. The standard InChI is InChI=1S/C31H11BrCl6F34N4/c32-9-7-8(11-73-12(16(33,34)35)75-13(74-11)17(36,37)38)1-2-10(9)76(5-3-14(39,40)18(43,44)20(47,48)22(51,52)24(55,56)26(59,60)28(63,64)30(67,68)69)6-4-15(41,42)19(45,46)21(49,50)23(53,54)25(57,58)27(61,62)29(65,66)31(70,71)72/h1-2,7H,3-6H2. The normalized spacial score (nSPS) is 15.9. The quantitative estimate of drug-likeness (QED) is 0.0979. The van der Waals surface area contributed by atoms with Crippen LogP contribution in [0.1, 0.15) is 24.5 Å². The SMILES string of the molecule is FC(F)(F)C(F)(F)C(F)(F)C(F)(F)C(F)(F)C(F)(F)C(F)(F)C(F)(F)CCN(CCC(F)(F)C(F)(F)C(F)(F)C(F)(F)C(F)(F)C(F)(F)C(F)(F)C(F)(F)F)c1ccc(-c2nc(C(Cl)(Cl)Cl)nc(C(Cl)(Cl)Cl)n2)cc1Br. The van der Waals surface area contributed by atoms with E-state index in [4.69, 9.17) is 69.6 Å². The van der Waals surface area contributed by atoms with Crippen LogP contribution in [0.5, 0.6) is 0 Å². The molecule has 1 aromatic carbocycles. The fourth-order valence-corrected chi connectivity index (χ4v) is 6.41. The van der Waals surface area contributed by atoms with E-state index in [0.29, 0.717) is 12.1 Å². The highest BCUT2D eigenvalue weighted by molar-refractivity contribution is 9.10. The van der Waals surface area contributed by atoms with E-state index in [1.54, 1.807) is 0 Å². The van der Waals surface area contributed by atoms with Crippen molar-refractivity contribution in [2.24, 2.45) is 0 Å². The third-order valence-electron chi connectivity index (χ3n) is 9.65. The first kappa shape index (κ1) is 70.0. The number of rotatable bonds is 20. The van der Waals surface area contributed by atoms with Gasteiger partial charge in [-0.15, -0.1) is 0 Å². The lowest BCUT2D eigenvalue weighted by atomic mass is 9.88. The molecular formula is C31H11BrCl6F34N4. The maximum absolute atomic E-state index is 15.0. The first-order chi connectivity index (χ1) is 32.8. The Hall–Kier alpha value is -2.13. The molecule has 1 aromatic heterocycles. The molecule has 0 unspecified atom stereocenters. The van der Waals surface area contributed by atoms with Gasteiger partial charge in [0, 0.05) is 36.0 Å². The number of nitrogens with zero attached hydrogens (tertiary/aromatic N) is 4. The van der Waals surface area contributed by atoms with Crippen molar-refractivity contribution in [3.63, 3.8) is 0 Å². The maximum Gasteiger partial charge on any atom is 0.460 e. The Labute approximate surface area is 433 Å². The van der Waals surface area contributed by atoms with Gasteiger partial charge in [0.25, 0.3) is 0 Å². The third kappa shape index (κ3) is 11.0. The summed E-state index contributed by atoms with van der Waals surface area (Å²) in [6.07, 6.45) is -23.9. The molecule has 1 heterocycles.